The van der Waals surface area contributed by atoms with Crippen LogP contribution in [0.1, 0.15) is 68.8 Å². The van der Waals surface area contributed by atoms with Gasteiger partial charge in [0, 0.05) is 18.7 Å². The molecule has 3 rings (SSSR count). The first-order chi connectivity index (χ1) is 19.5. The van der Waals surface area contributed by atoms with E-state index in [-0.39, 0.29) is 18.2 Å². The van der Waals surface area contributed by atoms with Crippen LogP contribution >= 0.6 is 0 Å². The minimum Gasteiger partial charge on any atom is -0.444 e. The summed E-state index contributed by atoms with van der Waals surface area (Å²) in [6.45, 7) is 11.6. The number of benzene rings is 3. The Morgan fingerprint density at radius 1 is 0.854 bits per heavy atom. The van der Waals surface area contributed by atoms with Gasteiger partial charge in [-0.15, -0.1) is 0 Å². The molecule has 3 aromatic rings. The van der Waals surface area contributed by atoms with E-state index < -0.39 is 23.8 Å². The molecular formula is C34H43N3O4. The van der Waals surface area contributed by atoms with Gasteiger partial charge in [0.2, 0.25) is 5.91 Å². The van der Waals surface area contributed by atoms with Gasteiger partial charge >= 0.3 is 6.09 Å². The largest absolute Gasteiger partial charge is 0.444 e. The fraction of sp³-hybridized carbons (Fsp3) is 0.382. The third-order valence-electron chi connectivity index (χ3n) is 6.71. The lowest BCUT2D eigenvalue weighted by Gasteiger charge is -2.35. The van der Waals surface area contributed by atoms with Crippen LogP contribution in [-0.4, -0.2) is 41.0 Å². The monoisotopic (exact) mass is 557 g/mol. The SMILES string of the molecule is CCCCN(C(=O)C(Cc1ccccc1)NC(=O)OC(C)(C)C)C(C(=O)Nc1c(C)cccc1C)c1ccccc1. The lowest BCUT2D eigenvalue weighted by Crippen LogP contribution is -2.53. The van der Waals surface area contributed by atoms with E-state index in [0.717, 1.165) is 28.8 Å². The average Bonchev–Trinajstić information content (AvgIpc) is 2.92. The van der Waals surface area contributed by atoms with Gasteiger partial charge in [0.1, 0.15) is 17.7 Å². The Balaban J connectivity index is 2.05. The van der Waals surface area contributed by atoms with Gasteiger partial charge in [-0.2, -0.15) is 0 Å². The quantitative estimate of drug-likeness (QED) is 0.273. The highest BCUT2D eigenvalue weighted by Crippen LogP contribution is 2.27. The number of hydrogen-bond acceptors (Lipinski definition) is 4. The summed E-state index contributed by atoms with van der Waals surface area (Å²) in [4.78, 5) is 43.0. The van der Waals surface area contributed by atoms with Crippen molar-refractivity contribution in [2.24, 2.45) is 0 Å². The first-order valence-electron chi connectivity index (χ1n) is 14.3. The smallest absolute Gasteiger partial charge is 0.408 e. The van der Waals surface area contributed by atoms with Crippen LogP contribution in [0, 0.1) is 13.8 Å². The normalized spacial score (nSPS) is 12.6. The van der Waals surface area contributed by atoms with E-state index in [1.54, 1.807) is 25.7 Å². The number of rotatable bonds is 11. The van der Waals surface area contributed by atoms with Crippen LogP contribution < -0.4 is 10.6 Å². The van der Waals surface area contributed by atoms with Gasteiger partial charge in [-0.25, -0.2) is 4.79 Å². The number of aryl methyl sites for hydroxylation is 2. The van der Waals surface area contributed by atoms with Gasteiger partial charge < -0.3 is 20.3 Å². The molecule has 0 heterocycles. The van der Waals surface area contributed by atoms with Crippen molar-refractivity contribution < 1.29 is 19.1 Å². The molecule has 7 heteroatoms. The Bertz CT molecular complexity index is 1280. The zero-order valence-electron chi connectivity index (χ0n) is 25.1. The van der Waals surface area contributed by atoms with E-state index in [0.29, 0.717) is 18.5 Å². The van der Waals surface area contributed by atoms with Crippen molar-refractivity contribution in [1.82, 2.24) is 10.2 Å². The number of ether oxygens (including phenoxy) is 1. The first kappa shape index (κ1) is 31.4. The highest BCUT2D eigenvalue weighted by molar-refractivity contribution is 6.00. The van der Waals surface area contributed by atoms with Crippen molar-refractivity contribution in [1.29, 1.82) is 0 Å². The first-order valence-corrected chi connectivity index (χ1v) is 14.3. The molecule has 218 valence electrons. The lowest BCUT2D eigenvalue weighted by molar-refractivity contribution is -0.140. The van der Waals surface area contributed by atoms with E-state index in [1.807, 2.05) is 99.6 Å². The second-order valence-corrected chi connectivity index (χ2v) is 11.3. The second-order valence-electron chi connectivity index (χ2n) is 11.3. The van der Waals surface area contributed by atoms with Crippen LogP contribution in [0.4, 0.5) is 10.5 Å². The van der Waals surface area contributed by atoms with E-state index in [1.165, 1.54) is 0 Å². The molecule has 0 saturated carbocycles. The van der Waals surface area contributed by atoms with Crippen LogP contribution in [0.2, 0.25) is 0 Å². The Morgan fingerprint density at radius 3 is 2.00 bits per heavy atom. The van der Waals surface area contributed by atoms with Gasteiger partial charge in [-0.3, -0.25) is 9.59 Å². The molecule has 2 unspecified atom stereocenters. The summed E-state index contributed by atoms with van der Waals surface area (Å²) in [7, 11) is 0. The Morgan fingerprint density at radius 2 is 1.44 bits per heavy atom. The maximum atomic E-state index is 14.4. The number of anilines is 1. The number of alkyl carbamates (subject to hydrolysis) is 1. The minimum atomic E-state index is -0.941. The highest BCUT2D eigenvalue weighted by atomic mass is 16.6. The zero-order chi connectivity index (χ0) is 30.0. The van der Waals surface area contributed by atoms with Gasteiger partial charge in [0.05, 0.1) is 0 Å². The van der Waals surface area contributed by atoms with E-state index >= 15 is 0 Å². The predicted octanol–water partition coefficient (Wildman–Crippen LogP) is 6.75. The molecule has 0 aromatic heterocycles. The molecule has 0 saturated heterocycles. The molecule has 0 spiro atoms. The second kappa shape index (κ2) is 14.5. The van der Waals surface area contributed by atoms with Crippen LogP contribution in [-0.2, 0) is 20.7 Å². The molecule has 0 radical (unpaired) electrons. The molecule has 3 amide bonds. The van der Waals surface area contributed by atoms with Gasteiger partial charge in [-0.05, 0) is 63.3 Å². The number of unbranched alkanes of at least 4 members (excludes halogenated alkanes) is 1. The molecule has 0 aliphatic rings. The predicted molar refractivity (Wildman–Crippen MR) is 164 cm³/mol. The standard InChI is InChI=1S/C34H43N3O4/c1-7-8-22-37(32(39)28(23-26-18-11-9-12-19-26)35-33(40)41-34(4,5)6)30(27-20-13-10-14-21-27)31(38)36-29-24(2)16-15-17-25(29)3/h9-21,28,30H,7-8,22-23H2,1-6H3,(H,35,40)(H,36,38). The number of nitrogens with zero attached hydrogens (tertiary/aromatic N) is 1. The van der Waals surface area contributed by atoms with Crippen molar-refractivity contribution in [3.8, 4) is 0 Å². The third-order valence-corrected chi connectivity index (χ3v) is 6.71. The van der Waals surface area contributed by atoms with Crippen LogP contribution in [0.25, 0.3) is 0 Å². The molecule has 2 N–H and O–H groups in total. The average molecular weight is 558 g/mol. The topological polar surface area (TPSA) is 87.7 Å². The molecule has 0 aliphatic carbocycles. The highest BCUT2D eigenvalue weighted by Gasteiger charge is 2.36. The van der Waals surface area contributed by atoms with Gasteiger partial charge in [-0.1, -0.05) is 92.2 Å². The van der Waals surface area contributed by atoms with Crippen molar-refractivity contribution in [2.75, 3.05) is 11.9 Å². The number of nitrogens with one attached hydrogen (secondary N) is 2. The Kier molecular flexibility index (Phi) is 11.1. The summed E-state index contributed by atoms with van der Waals surface area (Å²) in [5.74, 6) is -0.660. The number of para-hydroxylation sites is 1. The summed E-state index contributed by atoms with van der Waals surface area (Å²) in [6.07, 6.45) is 1.09. The number of carbonyl (C=O) groups is 3. The van der Waals surface area contributed by atoms with E-state index in [4.69, 9.17) is 4.74 Å². The van der Waals surface area contributed by atoms with Crippen LogP contribution in [0.3, 0.4) is 0 Å². The Labute approximate surface area is 244 Å². The lowest BCUT2D eigenvalue weighted by atomic mass is 9.99. The summed E-state index contributed by atoms with van der Waals surface area (Å²) in [6, 6.07) is 22.8. The maximum Gasteiger partial charge on any atom is 0.408 e. The van der Waals surface area contributed by atoms with E-state index in [9.17, 15) is 14.4 Å². The number of carbonyl (C=O) groups excluding carboxylic acids is 3. The van der Waals surface area contributed by atoms with E-state index in [2.05, 4.69) is 10.6 Å². The number of amides is 3. The van der Waals surface area contributed by atoms with Crippen molar-refractivity contribution in [2.45, 2.75) is 78.5 Å². The molecule has 0 bridgehead atoms. The molecule has 41 heavy (non-hydrogen) atoms. The fourth-order valence-electron chi connectivity index (χ4n) is 4.71. The van der Waals surface area contributed by atoms with Crippen LogP contribution in [0.15, 0.2) is 78.9 Å². The van der Waals surface area contributed by atoms with Gasteiger partial charge in [0.25, 0.3) is 5.91 Å². The molecular weight excluding hydrogens is 514 g/mol. The van der Waals surface area contributed by atoms with Crippen LogP contribution in [0.5, 0.6) is 0 Å². The fourth-order valence-corrected chi connectivity index (χ4v) is 4.71. The van der Waals surface area contributed by atoms with Gasteiger partial charge in [0.15, 0.2) is 0 Å². The summed E-state index contributed by atoms with van der Waals surface area (Å²) >= 11 is 0. The van der Waals surface area contributed by atoms with Crippen molar-refractivity contribution in [3.63, 3.8) is 0 Å². The van der Waals surface area contributed by atoms with Crippen molar-refractivity contribution >= 4 is 23.6 Å². The molecule has 2 atom stereocenters. The summed E-state index contributed by atoms with van der Waals surface area (Å²) in [5, 5.41) is 5.91. The molecule has 0 fully saturated rings. The molecule has 0 aliphatic heterocycles. The number of hydrogen-bond donors (Lipinski definition) is 2. The summed E-state index contributed by atoms with van der Waals surface area (Å²) < 4.78 is 5.51. The van der Waals surface area contributed by atoms with Crippen molar-refractivity contribution in [3.05, 3.63) is 101 Å². The molecule has 3 aromatic carbocycles. The summed E-state index contributed by atoms with van der Waals surface area (Å²) in [5.41, 5.74) is 3.44. The minimum absolute atomic E-state index is 0.252. The molecule has 7 nitrogen and oxygen atoms in total. The zero-order valence-corrected chi connectivity index (χ0v) is 25.1. The maximum absolute atomic E-state index is 14.4. The Hall–Kier alpha value is -4.13. The third kappa shape index (κ3) is 9.20.